The quantitative estimate of drug-likeness (QED) is 0.482. The Morgan fingerprint density at radius 3 is 2.52 bits per heavy atom. The van der Waals surface area contributed by atoms with Crippen molar-refractivity contribution in [2.45, 2.75) is 31.1 Å². The molecule has 3 rings (SSSR count). The standard InChI is InChI=1S/C24H30Cl2N2O2.ClH/c1-27-16-19(18-7-8-22(25)23(26)15-18)11-14-28-12-9-17(10-13-28)20-5-3-4-6-21(20)24(29)30-2;/h3-8,15,17,19,27H,9-14,16H2,1-2H3;1H/t19-;/m1./s1. The first kappa shape index (κ1) is 26.0. The van der Waals surface area contributed by atoms with Crippen molar-refractivity contribution in [2.75, 3.05) is 40.3 Å². The molecule has 1 N–H and O–H groups in total. The predicted octanol–water partition coefficient (Wildman–Crippen LogP) is 5.77. The number of piperidine rings is 1. The minimum Gasteiger partial charge on any atom is -0.465 e. The molecular weight excluding hydrogens is 455 g/mol. The van der Waals surface area contributed by atoms with Gasteiger partial charge in [-0.2, -0.15) is 0 Å². The van der Waals surface area contributed by atoms with Crippen LogP contribution in [0.5, 0.6) is 0 Å². The van der Waals surface area contributed by atoms with E-state index in [0.717, 1.165) is 51.0 Å². The number of halogens is 3. The Morgan fingerprint density at radius 1 is 1.16 bits per heavy atom. The highest BCUT2D eigenvalue weighted by atomic mass is 35.5. The molecule has 0 spiro atoms. The molecule has 1 fully saturated rings. The normalized spacial score (nSPS) is 15.9. The molecule has 1 atom stereocenters. The maximum atomic E-state index is 12.1. The Bertz CT molecular complexity index is 854. The van der Waals surface area contributed by atoms with Crippen LogP contribution in [0.25, 0.3) is 0 Å². The third kappa shape index (κ3) is 6.84. The van der Waals surface area contributed by atoms with Gasteiger partial charge in [-0.15, -0.1) is 12.4 Å². The van der Waals surface area contributed by atoms with E-state index in [2.05, 4.69) is 22.3 Å². The summed E-state index contributed by atoms with van der Waals surface area (Å²) in [5.41, 5.74) is 3.04. The molecule has 31 heavy (non-hydrogen) atoms. The topological polar surface area (TPSA) is 41.6 Å². The smallest absolute Gasteiger partial charge is 0.338 e. The Morgan fingerprint density at radius 2 is 1.87 bits per heavy atom. The fraction of sp³-hybridized carbons (Fsp3) is 0.458. The molecule has 7 heteroatoms. The lowest BCUT2D eigenvalue weighted by molar-refractivity contribution is 0.0598. The van der Waals surface area contributed by atoms with Crippen molar-refractivity contribution < 1.29 is 9.53 Å². The number of hydrogen-bond acceptors (Lipinski definition) is 4. The van der Waals surface area contributed by atoms with Crippen LogP contribution < -0.4 is 5.32 Å². The number of ether oxygens (including phenoxy) is 1. The molecule has 1 heterocycles. The molecule has 1 aliphatic rings. The lowest BCUT2D eigenvalue weighted by Crippen LogP contribution is -2.35. The van der Waals surface area contributed by atoms with Crippen LogP contribution in [0.4, 0.5) is 0 Å². The first-order valence-corrected chi connectivity index (χ1v) is 11.3. The van der Waals surface area contributed by atoms with Gasteiger partial charge in [0.2, 0.25) is 0 Å². The molecule has 0 amide bonds. The Kier molecular flexibility index (Phi) is 10.6. The molecule has 0 saturated carbocycles. The van der Waals surface area contributed by atoms with Gasteiger partial charge >= 0.3 is 5.97 Å². The number of esters is 1. The number of benzene rings is 2. The molecule has 0 aliphatic carbocycles. The van der Waals surface area contributed by atoms with Gasteiger partial charge in [0.25, 0.3) is 0 Å². The summed E-state index contributed by atoms with van der Waals surface area (Å²) in [6.45, 7) is 4.01. The summed E-state index contributed by atoms with van der Waals surface area (Å²) in [4.78, 5) is 14.6. The van der Waals surface area contributed by atoms with Gasteiger partial charge in [-0.3, -0.25) is 0 Å². The van der Waals surface area contributed by atoms with Crippen LogP contribution in [0.3, 0.4) is 0 Å². The second kappa shape index (κ2) is 12.7. The van der Waals surface area contributed by atoms with Gasteiger partial charge < -0.3 is 15.0 Å². The molecule has 0 bridgehead atoms. The third-order valence-corrected chi connectivity index (χ3v) is 6.79. The lowest BCUT2D eigenvalue weighted by Gasteiger charge is -2.33. The van der Waals surface area contributed by atoms with E-state index in [1.807, 2.05) is 37.4 Å². The van der Waals surface area contributed by atoms with Crippen molar-refractivity contribution in [3.05, 3.63) is 69.2 Å². The van der Waals surface area contributed by atoms with Crippen molar-refractivity contribution in [3.8, 4) is 0 Å². The maximum Gasteiger partial charge on any atom is 0.338 e. The molecule has 1 aliphatic heterocycles. The van der Waals surface area contributed by atoms with Gasteiger partial charge in [-0.1, -0.05) is 47.5 Å². The van der Waals surface area contributed by atoms with Crippen molar-refractivity contribution in [3.63, 3.8) is 0 Å². The fourth-order valence-electron chi connectivity index (χ4n) is 4.35. The first-order valence-electron chi connectivity index (χ1n) is 10.5. The molecule has 1 saturated heterocycles. The zero-order chi connectivity index (χ0) is 21.5. The van der Waals surface area contributed by atoms with Gasteiger partial charge in [0.05, 0.1) is 22.7 Å². The fourth-order valence-corrected chi connectivity index (χ4v) is 4.66. The number of nitrogens with one attached hydrogen (secondary N) is 1. The van der Waals surface area contributed by atoms with E-state index in [4.69, 9.17) is 27.9 Å². The Balaban J connectivity index is 0.00000341. The van der Waals surface area contributed by atoms with E-state index in [1.54, 1.807) is 0 Å². The first-order chi connectivity index (χ1) is 14.5. The van der Waals surface area contributed by atoms with Gasteiger partial charge in [-0.05, 0) is 87.1 Å². The number of likely N-dealkylation sites (tertiary alicyclic amines) is 1. The number of likely N-dealkylation sites (N-methyl/N-ethyl adjacent to an activating group) is 1. The highest BCUT2D eigenvalue weighted by molar-refractivity contribution is 6.42. The number of nitrogens with zero attached hydrogens (tertiary/aromatic N) is 1. The molecular formula is C24H31Cl3N2O2. The Labute approximate surface area is 201 Å². The summed E-state index contributed by atoms with van der Waals surface area (Å²) < 4.78 is 4.96. The third-order valence-electron chi connectivity index (χ3n) is 6.05. The maximum absolute atomic E-state index is 12.1. The van der Waals surface area contributed by atoms with E-state index in [1.165, 1.54) is 12.7 Å². The zero-order valence-electron chi connectivity index (χ0n) is 18.1. The molecule has 0 aromatic heterocycles. The molecule has 2 aromatic rings. The summed E-state index contributed by atoms with van der Waals surface area (Å²) in [7, 11) is 3.42. The summed E-state index contributed by atoms with van der Waals surface area (Å²) in [6, 6.07) is 13.8. The van der Waals surface area contributed by atoms with E-state index < -0.39 is 0 Å². The molecule has 0 unspecified atom stereocenters. The van der Waals surface area contributed by atoms with Gasteiger partial charge in [0.1, 0.15) is 0 Å². The van der Waals surface area contributed by atoms with Crippen LogP contribution in [0.2, 0.25) is 10.0 Å². The summed E-state index contributed by atoms with van der Waals surface area (Å²) >= 11 is 12.3. The van der Waals surface area contributed by atoms with Crippen LogP contribution in [-0.2, 0) is 4.74 Å². The Hall–Kier alpha value is -1.30. The van der Waals surface area contributed by atoms with Crippen LogP contribution >= 0.6 is 35.6 Å². The summed E-state index contributed by atoms with van der Waals surface area (Å²) in [6.07, 6.45) is 3.16. The van der Waals surface area contributed by atoms with Crippen LogP contribution in [0.15, 0.2) is 42.5 Å². The second-order valence-electron chi connectivity index (χ2n) is 7.91. The SMILES string of the molecule is CNC[C@@H](CCN1CCC(c2ccccc2C(=O)OC)CC1)c1ccc(Cl)c(Cl)c1.Cl. The van der Waals surface area contributed by atoms with E-state index >= 15 is 0 Å². The van der Waals surface area contributed by atoms with E-state index in [0.29, 0.717) is 27.4 Å². The van der Waals surface area contributed by atoms with Crippen LogP contribution in [-0.4, -0.2) is 51.2 Å². The molecule has 170 valence electrons. The number of carbonyl (C=O) groups excluding carboxylic acids is 1. The predicted molar refractivity (Wildman–Crippen MR) is 131 cm³/mol. The number of hydrogen-bond donors (Lipinski definition) is 1. The average molecular weight is 486 g/mol. The van der Waals surface area contributed by atoms with Gasteiger partial charge in [0, 0.05) is 6.54 Å². The van der Waals surface area contributed by atoms with Crippen molar-refractivity contribution >= 4 is 41.6 Å². The van der Waals surface area contributed by atoms with Gasteiger partial charge in [-0.25, -0.2) is 4.79 Å². The van der Waals surface area contributed by atoms with E-state index in [-0.39, 0.29) is 18.4 Å². The van der Waals surface area contributed by atoms with Crippen molar-refractivity contribution in [2.24, 2.45) is 0 Å². The van der Waals surface area contributed by atoms with Crippen LogP contribution in [0.1, 0.15) is 52.6 Å². The van der Waals surface area contributed by atoms with Crippen LogP contribution in [0, 0.1) is 0 Å². The van der Waals surface area contributed by atoms with Crippen molar-refractivity contribution in [1.82, 2.24) is 10.2 Å². The number of rotatable bonds is 8. The summed E-state index contributed by atoms with van der Waals surface area (Å²) in [5.74, 6) is 0.548. The monoisotopic (exact) mass is 484 g/mol. The van der Waals surface area contributed by atoms with Gasteiger partial charge in [0.15, 0.2) is 0 Å². The minimum atomic E-state index is -0.246. The minimum absolute atomic E-state index is 0. The molecule has 0 radical (unpaired) electrons. The highest BCUT2D eigenvalue weighted by Crippen LogP contribution is 2.32. The van der Waals surface area contributed by atoms with E-state index in [9.17, 15) is 4.79 Å². The number of carbonyl (C=O) groups is 1. The number of methoxy groups -OCH3 is 1. The summed E-state index contributed by atoms with van der Waals surface area (Å²) in [5, 5.41) is 4.51. The second-order valence-corrected chi connectivity index (χ2v) is 8.73. The van der Waals surface area contributed by atoms with Crippen molar-refractivity contribution in [1.29, 1.82) is 0 Å². The lowest BCUT2D eigenvalue weighted by atomic mass is 9.86. The highest BCUT2D eigenvalue weighted by Gasteiger charge is 2.25. The zero-order valence-corrected chi connectivity index (χ0v) is 20.4. The molecule has 2 aromatic carbocycles. The molecule has 4 nitrogen and oxygen atoms in total. The largest absolute Gasteiger partial charge is 0.465 e. The average Bonchev–Trinajstić information content (AvgIpc) is 2.78.